The maximum absolute atomic E-state index is 6.26. The van der Waals surface area contributed by atoms with E-state index >= 15 is 0 Å². The summed E-state index contributed by atoms with van der Waals surface area (Å²) in [6.07, 6.45) is 6.99. The van der Waals surface area contributed by atoms with E-state index in [0.29, 0.717) is 6.61 Å². The molecule has 2 aliphatic rings. The van der Waals surface area contributed by atoms with Crippen LogP contribution in [0.5, 0.6) is 5.75 Å². The molecule has 2 fully saturated rings. The molecular formula is C19H24N2O2S. The van der Waals surface area contributed by atoms with Crippen LogP contribution in [0.3, 0.4) is 0 Å². The number of nitrogens with zero attached hydrogens (tertiary/aromatic N) is 2. The van der Waals surface area contributed by atoms with Gasteiger partial charge in [0, 0.05) is 35.5 Å². The van der Waals surface area contributed by atoms with E-state index in [0.717, 1.165) is 38.2 Å². The molecule has 0 unspecified atom stereocenters. The van der Waals surface area contributed by atoms with Gasteiger partial charge in [0.05, 0.1) is 18.4 Å². The van der Waals surface area contributed by atoms with Crippen LogP contribution in [0.25, 0.3) is 0 Å². The molecule has 2 aliphatic heterocycles. The number of pyridine rings is 1. The number of aromatic nitrogens is 1. The van der Waals surface area contributed by atoms with Crippen LogP contribution >= 0.6 is 11.3 Å². The first-order chi connectivity index (χ1) is 11.7. The number of likely N-dealkylation sites (tertiary alicyclic amines) is 1. The average molecular weight is 344 g/mol. The number of hydrogen-bond acceptors (Lipinski definition) is 5. The van der Waals surface area contributed by atoms with Crippen LogP contribution in [0, 0.1) is 6.92 Å². The lowest BCUT2D eigenvalue weighted by Gasteiger charge is -2.39. The highest BCUT2D eigenvalue weighted by molar-refractivity contribution is 7.11. The number of ether oxygens (including phenoxy) is 2. The van der Waals surface area contributed by atoms with Gasteiger partial charge in [0.25, 0.3) is 0 Å². The summed E-state index contributed by atoms with van der Waals surface area (Å²) < 4.78 is 12.3. The van der Waals surface area contributed by atoms with Crippen molar-refractivity contribution in [2.75, 3.05) is 19.7 Å². The van der Waals surface area contributed by atoms with Crippen molar-refractivity contribution in [3.8, 4) is 5.75 Å². The Morgan fingerprint density at radius 1 is 1.42 bits per heavy atom. The maximum atomic E-state index is 6.26. The van der Waals surface area contributed by atoms with Crippen molar-refractivity contribution >= 4 is 11.3 Å². The minimum Gasteiger partial charge on any atom is -0.486 e. The Hall–Kier alpha value is -1.43. The first kappa shape index (κ1) is 16.1. The van der Waals surface area contributed by atoms with E-state index in [9.17, 15) is 0 Å². The Bertz CT molecular complexity index is 675. The van der Waals surface area contributed by atoms with Crippen molar-refractivity contribution in [2.45, 2.75) is 44.4 Å². The van der Waals surface area contributed by atoms with Crippen molar-refractivity contribution in [1.82, 2.24) is 9.88 Å². The molecule has 0 amide bonds. The highest BCUT2D eigenvalue weighted by atomic mass is 32.1. The second kappa shape index (κ2) is 6.82. The lowest BCUT2D eigenvalue weighted by atomic mass is 9.89. The lowest BCUT2D eigenvalue weighted by molar-refractivity contribution is -0.0536. The quantitative estimate of drug-likeness (QED) is 0.848. The second-order valence-corrected chi connectivity index (χ2v) is 8.33. The van der Waals surface area contributed by atoms with Crippen LogP contribution in [0.4, 0.5) is 0 Å². The fraction of sp³-hybridized carbons (Fsp3) is 0.526. The Kier molecular flexibility index (Phi) is 4.57. The molecule has 128 valence electrons. The molecule has 0 aromatic carbocycles. The highest BCUT2D eigenvalue weighted by Crippen LogP contribution is 2.36. The molecule has 24 heavy (non-hydrogen) atoms. The van der Waals surface area contributed by atoms with E-state index in [4.69, 9.17) is 9.47 Å². The average Bonchev–Trinajstić information content (AvgIpc) is 3.15. The molecule has 4 rings (SSSR count). The first-order valence-electron chi connectivity index (χ1n) is 8.69. The molecule has 0 bridgehead atoms. The van der Waals surface area contributed by atoms with Crippen LogP contribution < -0.4 is 4.74 Å². The van der Waals surface area contributed by atoms with Crippen molar-refractivity contribution in [3.05, 3.63) is 46.4 Å². The van der Waals surface area contributed by atoms with E-state index in [2.05, 4.69) is 28.9 Å². The molecule has 0 saturated carbocycles. The van der Waals surface area contributed by atoms with Crippen molar-refractivity contribution < 1.29 is 9.47 Å². The zero-order valence-electron chi connectivity index (χ0n) is 14.1. The SMILES string of the molecule is Cc1ccc(CN2CCC[C@]3(C[C@H](Oc4cccnc4)CO3)C2)s1. The zero-order chi connectivity index (χ0) is 16.4. The van der Waals surface area contributed by atoms with Gasteiger partial charge in [-0.05, 0) is 50.6 Å². The van der Waals surface area contributed by atoms with Crippen LogP contribution in [0.1, 0.15) is 29.0 Å². The molecule has 2 saturated heterocycles. The van der Waals surface area contributed by atoms with E-state index in [-0.39, 0.29) is 11.7 Å². The fourth-order valence-electron chi connectivity index (χ4n) is 3.89. The van der Waals surface area contributed by atoms with Crippen molar-refractivity contribution in [2.24, 2.45) is 0 Å². The molecule has 0 N–H and O–H groups in total. The third-order valence-corrected chi connectivity index (χ3v) is 5.89. The van der Waals surface area contributed by atoms with Gasteiger partial charge in [-0.1, -0.05) is 0 Å². The van der Waals surface area contributed by atoms with Gasteiger partial charge in [-0.3, -0.25) is 9.88 Å². The van der Waals surface area contributed by atoms with E-state index < -0.39 is 0 Å². The summed E-state index contributed by atoms with van der Waals surface area (Å²) in [6.45, 7) is 6.07. The van der Waals surface area contributed by atoms with Crippen molar-refractivity contribution in [1.29, 1.82) is 0 Å². The predicted octanol–water partition coefficient (Wildman–Crippen LogP) is 3.65. The first-order valence-corrected chi connectivity index (χ1v) is 9.51. The zero-order valence-corrected chi connectivity index (χ0v) is 14.9. The normalized spacial score (nSPS) is 27.6. The van der Waals surface area contributed by atoms with E-state index in [1.807, 2.05) is 23.5 Å². The molecule has 4 heterocycles. The van der Waals surface area contributed by atoms with Crippen LogP contribution in [0.2, 0.25) is 0 Å². The Morgan fingerprint density at radius 2 is 2.38 bits per heavy atom. The molecule has 4 nitrogen and oxygen atoms in total. The van der Waals surface area contributed by atoms with Gasteiger partial charge in [0.15, 0.2) is 0 Å². The number of thiophene rings is 1. The topological polar surface area (TPSA) is 34.6 Å². The maximum Gasteiger partial charge on any atom is 0.138 e. The summed E-state index contributed by atoms with van der Waals surface area (Å²) in [5, 5.41) is 0. The molecular weight excluding hydrogens is 320 g/mol. The Labute approximate surface area is 147 Å². The third-order valence-electron chi connectivity index (χ3n) is 4.91. The molecule has 0 radical (unpaired) electrons. The van der Waals surface area contributed by atoms with Gasteiger partial charge in [0.2, 0.25) is 0 Å². The molecule has 2 atom stereocenters. The van der Waals surface area contributed by atoms with Gasteiger partial charge in [0.1, 0.15) is 11.9 Å². The smallest absolute Gasteiger partial charge is 0.138 e. The van der Waals surface area contributed by atoms with Crippen molar-refractivity contribution in [3.63, 3.8) is 0 Å². The number of hydrogen-bond donors (Lipinski definition) is 0. The van der Waals surface area contributed by atoms with Gasteiger partial charge in [-0.2, -0.15) is 0 Å². The summed E-state index contributed by atoms with van der Waals surface area (Å²) in [7, 11) is 0. The molecule has 2 aromatic rings. The largest absolute Gasteiger partial charge is 0.486 e. The summed E-state index contributed by atoms with van der Waals surface area (Å²) >= 11 is 1.90. The summed E-state index contributed by atoms with van der Waals surface area (Å²) in [6, 6.07) is 8.34. The molecule has 5 heteroatoms. The van der Waals surface area contributed by atoms with E-state index in [1.54, 1.807) is 12.4 Å². The standard InChI is InChI=1S/C19H24N2O2S/c1-15-5-6-18(24-15)12-21-9-3-7-19(14-21)10-17(13-22-19)23-16-4-2-8-20-11-16/h2,4-6,8,11,17H,3,7,9-10,12-14H2,1H3/t17-,19-/m0/s1. The fourth-order valence-corrected chi connectivity index (χ4v) is 4.82. The third kappa shape index (κ3) is 3.63. The van der Waals surface area contributed by atoms with Crippen LogP contribution in [-0.4, -0.2) is 41.3 Å². The number of piperidine rings is 1. The van der Waals surface area contributed by atoms with Crippen LogP contribution in [-0.2, 0) is 11.3 Å². The van der Waals surface area contributed by atoms with Gasteiger partial charge in [-0.15, -0.1) is 11.3 Å². The Balaban J connectivity index is 1.36. The van der Waals surface area contributed by atoms with Gasteiger partial charge >= 0.3 is 0 Å². The summed E-state index contributed by atoms with van der Waals surface area (Å²) in [5.41, 5.74) is -0.0303. The minimum atomic E-state index is -0.0303. The van der Waals surface area contributed by atoms with E-state index in [1.165, 1.54) is 16.2 Å². The summed E-state index contributed by atoms with van der Waals surface area (Å²) in [5.74, 6) is 0.838. The van der Waals surface area contributed by atoms with Gasteiger partial charge in [-0.25, -0.2) is 0 Å². The summed E-state index contributed by atoms with van der Waals surface area (Å²) in [4.78, 5) is 9.50. The predicted molar refractivity (Wildman–Crippen MR) is 95.5 cm³/mol. The second-order valence-electron chi connectivity index (χ2n) is 6.95. The molecule has 2 aromatic heterocycles. The molecule has 0 aliphatic carbocycles. The van der Waals surface area contributed by atoms with Crippen LogP contribution in [0.15, 0.2) is 36.7 Å². The molecule has 1 spiro atoms. The lowest BCUT2D eigenvalue weighted by Crippen LogP contribution is -2.47. The number of aryl methyl sites for hydroxylation is 1. The Morgan fingerprint density at radius 3 is 3.17 bits per heavy atom. The number of rotatable bonds is 4. The highest BCUT2D eigenvalue weighted by Gasteiger charge is 2.44. The monoisotopic (exact) mass is 344 g/mol. The van der Waals surface area contributed by atoms with Gasteiger partial charge < -0.3 is 9.47 Å². The minimum absolute atomic E-state index is 0.0303.